The lowest BCUT2D eigenvalue weighted by Crippen LogP contribution is -2.40. The summed E-state index contributed by atoms with van der Waals surface area (Å²) in [5.74, 6) is 0.0498. The van der Waals surface area contributed by atoms with Crippen LogP contribution in [0.3, 0.4) is 0 Å². The number of anilines is 1. The first-order valence-electron chi connectivity index (χ1n) is 5.18. The van der Waals surface area contributed by atoms with Crippen LogP contribution in [0, 0.1) is 0 Å². The van der Waals surface area contributed by atoms with Crippen molar-refractivity contribution in [3.05, 3.63) is 29.8 Å². The molecule has 1 aliphatic rings. The van der Waals surface area contributed by atoms with Crippen LogP contribution in [0.15, 0.2) is 24.3 Å². The van der Waals surface area contributed by atoms with Crippen molar-refractivity contribution in [1.29, 1.82) is 0 Å². The number of carbonyl (C=O) groups is 1. The number of carbonyl (C=O) groups excluding carboxylic acids is 1. The maximum Gasteiger partial charge on any atom is 0.254 e. The third kappa shape index (κ3) is 2.48. The van der Waals surface area contributed by atoms with E-state index in [2.05, 4.69) is 17.5 Å². The molecule has 1 fully saturated rings. The van der Waals surface area contributed by atoms with Crippen LogP contribution in [-0.4, -0.2) is 37.1 Å². The molecule has 1 N–H and O–H groups in total. The van der Waals surface area contributed by atoms with Gasteiger partial charge in [0.2, 0.25) is 0 Å². The van der Waals surface area contributed by atoms with Crippen LogP contribution >= 0.6 is 12.8 Å². The quantitative estimate of drug-likeness (QED) is 0.766. The summed E-state index contributed by atoms with van der Waals surface area (Å²) in [6, 6.07) is 7.31. The molecule has 0 spiro atoms. The minimum atomic E-state index is 0.0498. The standard InChI is InChI=1S/C11H14N2O2S/c14-11(13-4-6-15-7-5-13)9-2-1-3-10(8-9)12-16/h1-3,8,12,16H,4-7H2. The molecule has 16 heavy (non-hydrogen) atoms. The third-order valence-electron chi connectivity index (χ3n) is 2.54. The highest BCUT2D eigenvalue weighted by Crippen LogP contribution is 2.14. The van der Waals surface area contributed by atoms with Crippen molar-refractivity contribution in [2.45, 2.75) is 0 Å². The van der Waals surface area contributed by atoms with E-state index in [4.69, 9.17) is 4.74 Å². The maximum absolute atomic E-state index is 12.1. The second kappa shape index (κ2) is 5.23. The Morgan fingerprint density at radius 1 is 1.38 bits per heavy atom. The smallest absolute Gasteiger partial charge is 0.254 e. The summed E-state index contributed by atoms with van der Waals surface area (Å²) in [5, 5.41) is 0. The Morgan fingerprint density at radius 3 is 2.81 bits per heavy atom. The van der Waals surface area contributed by atoms with E-state index in [1.54, 1.807) is 11.0 Å². The molecule has 0 bridgehead atoms. The Hall–Kier alpha value is -1.20. The molecule has 0 radical (unpaired) electrons. The molecule has 0 saturated carbocycles. The van der Waals surface area contributed by atoms with Crippen molar-refractivity contribution < 1.29 is 9.53 Å². The number of ether oxygens (including phenoxy) is 1. The fraction of sp³-hybridized carbons (Fsp3) is 0.364. The third-order valence-corrected chi connectivity index (χ3v) is 2.80. The number of hydrogen-bond acceptors (Lipinski definition) is 4. The molecule has 86 valence electrons. The van der Waals surface area contributed by atoms with Gasteiger partial charge in [-0.15, -0.1) is 0 Å². The summed E-state index contributed by atoms with van der Waals surface area (Å²) in [6.45, 7) is 2.57. The number of morpholine rings is 1. The van der Waals surface area contributed by atoms with Crippen LogP contribution in [0.2, 0.25) is 0 Å². The zero-order chi connectivity index (χ0) is 11.4. The first-order valence-corrected chi connectivity index (χ1v) is 5.63. The van der Waals surface area contributed by atoms with Gasteiger partial charge in [0.15, 0.2) is 0 Å². The minimum absolute atomic E-state index is 0.0498. The molecule has 1 aromatic carbocycles. The molecule has 5 heteroatoms. The van der Waals surface area contributed by atoms with E-state index in [1.807, 2.05) is 18.2 Å². The number of nitrogens with zero attached hydrogens (tertiary/aromatic N) is 1. The van der Waals surface area contributed by atoms with E-state index >= 15 is 0 Å². The highest BCUT2D eigenvalue weighted by atomic mass is 32.1. The fourth-order valence-electron chi connectivity index (χ4n) is 1.67. The second-order valence-electron chi connectivity index (χ2n) is 3.60. The molecular weight excluding hydrogens is 224 g/mol. The molecule has 0 atom stereocenters. The van der Waals surface area contributed by atoms with Gasteiger partial charge < -0.3 is 14.4 Å². The van der Waals surface area contributed by atoms with E-state index in [9.17, 15) is 4.79 Å². The number of nitrogens with one attached hydrogen (secondary N) is 1. The van der Waals surface area contributed by atoms with Crippen molar-refractivity contribution in [3.63, 3.8) is 0 Å². The molecule has 0 aromatic heterocycles. The Kier molecular flexibility index (Phi) is 3.69. The average molecular weight is 238 g/mol. The Balaban J connectivity index is 2.12. The summed E-state index contributed by atoms with van der Waals surface area (Å²) < 4.78 is 7.94. The minimum Gasteiger partial charge on any atom is -0.378 e. The zero-order valence-corrected chi connectivity index (χ0v) is 9.74. The first-order chi connectivity index (χ1) is 7.81. The number of hydrogen-bond donors (Lipinski definition) is 2. The van der Waals surface area contributed by atoms with Crippen molar-refractivity contribution in [2.75, 3.05) is 31.0 Å². The molecule has 1 aromatic rings. The lowest BCUT2D eigenvalue weighted by Gasteiger charge is -2.26. The number of benzene rings is 1. The van der Waals surface area contributed by atoms with Crippen LogP contribution in [-0.2, 0) is 4.74 Å². The predicted molar refractivity (Wildman–Crippen MR) is 65.8 cm³/mol. The van der Waals surface area contributed by atoms with Gasteiger partial charge in [0.1, 0.15) is 0 Å². The van der Waals surface area contributed by atoms with Crippen LogP contribution in [0.25, 0.3) is 0 Å². The molecule has 4 nitrogen and oxygen atoms in total. The Labute approximate surface area is 100 Å². The highest BCUT2D eigenvalue weighted by molar-refractivity contribution is 7.81. The van der Waals surface area contributed by atoms with Gasteiger partial charge in [0.05, 0.1) is 13.2 Å². The normalized spacial score (nSPS) is 15.9. The highest BCUT2D eigenvalue weighted by Gasteiger charge is 2.18. The molecular formula is C11H14N2O2S. The molecule has 1 amide bonds. The topological polar surface area (TPSA) is 41.6 Å². The van der Waals surface area contributed by atoms with Gasteiger partial charge in [-0.3, -0.25) is 4.79 Å². The molecule has 2 rings (SSSR count). The number of thiol groups is 1. The molecule has 0 unspecified atom stereocenters. The molecule has 0 aliphatic carbocycles. The largest absolute Gasteiger partial charge is 0.378 e. The zero-order valence-electron chi connectivity index (χ0n) is 8.85. The van der Waals surface area contributed by atoms with Crippen LogP contribution in [0.1, 0.15) is 10.4 Å². The number of amides is 1. The lowest BCUT2D eigenvalue weighted by molar-refractivity contribution is 0.0303. The maximum atomic E-state index is 12.1. The fourth-order valence-corrected chi connectivity index (χ4v) is 1.81. The molecule has 1 heterocycles. The SMILES string of the molecule is O=C(c1cccc(NS)c1)N1CCOCC1. The Bertz CT molecular complexity index is 378. The van der Waals surface area contributed by atoms with Gasteiger partial charge in [0, 0.05) is 24.3 Å². The van der Waals surface area contributed by atoms with Gasteiger partial charge in [-0.2, -0.15) is 0 Å². The monoisotopic (exact) mass is 238 g/mol. The van der Waals surface area contributed by atoms with Gasteiger partial charge in [-0.1, -0.05) is 18.9 Å². The molecule has 1 saturated heterocycles. The summed E-state index contributed by atoms with van der Waals surface area (Å²) in [6.07, 6.45) is 0. The van der Waals surface area contributed by atoms with Gasteiger partial charge in [0.25, 0.3) is 5.91 Å². The Morgan fingerprint density at radius 2 is 2.12 bits per heavy atom. The lowest BCUT2D eigenvalue weighted by atomic mass is 10.1. The van der Waals surface area contributed by atoms with Crippen molar-refractivity contribution in [2.24, 2.45) is 0 Å². The van der Waals surface area contributed by atoms with Gasteiger partial charge in [-0.05, 0) is 18.2 Å². The van der Waals surface area contributed by atoms with Crippen LogP contribution < -0.4 is 4.72 Å². The summed E-state index contributed by atoms with van der Waals surface area (Å²) in [5.41, 5.74) is 1.50. The van der Waals surface area contributed by atoms with Crippen molar-refractivity contribution in [1.82, 2.24) is 4.90 Å². The van der Waals surface area contributed by atoms with E-state index in [-0.39, 0.29) is 5.91 Å². The number of rotatable bonds is 2. The summed E-state index contributed by atoms with van der Waals surface area (Å²) in [4.78, 5) is 13.9. The average Bonchev–Trinajstić information content (AvgIpc) is 2.39. The second-order valence-corrected chi connectivity index (χ2v) is 3.82. The van der Waals surface area contributed by atoms with Gasteiger partial charge in [-0.25, -0.2) is 0 Å². The first kappa shape index (κ1) is 11.3. The van der Waals surface area contributed by atoms with Crippen LogP contribution in [0.5, 0.6) is 0 Å². The van der Waals surface area contributed by atoms with E-state index in [0.29, 0.717) is 31.9 Å². The van der Waals surface area contributed by atoms with E-state index in [1.165, 1.54) is 0 Å². The molecule has 1 aliphatic heterocycles. The van der Waals surface area contributed by atoms with E-state index in [0.717, 1.165) is 5.69 Å². The van der Waals surface area contributed by atoms with Gasteiger partial charge >= 0.3 is 0 Å². The van der Waals surface area contributed by atoms with Crippen molar-refractivity contribution in [3.8, 4) is 0 Å². The predicted octanol–water partition coefficient (Wildman–Crippen LogP) is 1.42. The van der Waals surface area contributed by atoms with Crippen molar-refractivity contribution >= 4 is 24.4 Å². The summed E-state index contributed by atoms with van der Waals surface area (Å²) >= 11 is 3.96. The van der Waals surface area contributed by atoms with E-state index < -0.39 is 0 Å². The summed E-state index contributed by atoms with van der Waals surface area (Å²) in [7, 11) is 0. The van der Waals surface area contributed by atoms with Crippen LogP contribution in [0.4, 0.5) is 5.69 Å².